The Kier molecular flexibility index (Phi) is 5.87. The van der Waals surface area contributed by atoms with Crippen LogP contribution < -0.4 is 14.2 Å². The molecule has 2 aromatic carbocycles. The summed E-state index contributed by atoms with van der Waals surface area (Å²) in [7, 11) is 3.28. The molecule has 23 heavy (non-hydrogen) atoms. The van der Waals surface area contributed by atoms with E-state index in [0.717, 1.165) is 11.1 Å². The molecule has 2 aromatic rings. The van der Waals surface area contributed by atoms with Gasteiger partial charge in [0.25, 0.3) is 0 Å². The fourth-order valence-corrected chi connectivity index (χ4v) is 2.50. The van der Waals surface area contributed by atoms with E-state index in [1.807, 2.05) is 48.6 Å². The van der Waals surface area contributed by atoms with E-state index in [-0.39, 0.29) is 0 Å². The molecule has 0 aliphatic carbocycles. The van der Waals surface area contributed by atoms with E-state index in [1.54, 1.807) is 14.2 Å². The Labute approximate surface area is 137 Å². The quantitative estimate of drug-likeness (QED) is 0.645. The van der Waals surface area contributed by atoms with Crippen LogP contribution in [0.15, 0.2) is 61.7 Å². The summed E-state index contributed by atoms with van der Waals surface area (Å²) in [6.45, 7) is 7.56. The van der Waals surface area contributed by atoms with Gasteiger partial charge in [-0.1, -0.05) is 36.4 Å². The molecule has 0 saturated heterocycles. The second-order valence-corrected chi connectivity index (χ2v) is 4.98. The molecule has 120 valence electrons. The van der Waals surface area contributed by atoms with Gasteiger partial charge in [-0.15, -0.1) is 13.2 Å². The third-order valence-electron chi connectivity index (χ3n) is 3.48. The van der Waals surface area contributed by atoms with Gasteiger partial charge in [-0.2, -0.15) is 0 Å². The highest BCUT2D eigenvalue weighted by Crippen LogP contribution is 2.39. The first-order valence-electron chi connectivity index (χ1n) is 7.46. The predicted octanol–water partition coefficient (Wildman–Crippen LogP) is 4.95. The minimum Gasteiger partial charge on any atom is -0.493 e. The summed E-state index contributed by atoms with van der Waals surface area (Å²) in [5.74, 6) is 2.73. The van der Waals surface area contributed by atoms with Gasteiger partial charge >= 0.3 is 0 Å². The minimum atomic E-state index is 0.654. The van der Waals surface area contributed by atoms with Crippen molar-refractivity contribution in [2.75, 3.05) is 14.2 Å². The first-order chi connectivity index (χ1) is 11.2. The summed E-state index contributed by atoms with van der Waals surface area (Å²) in [6.07, 6.45) is 5.11. The fraction of sp³-hybridized carbons (Fsp3) is 0.200. The van der Waals surface area contributed by atoms with Crippen molar-refractivity contribution < 1.29 is 14.2 Å². The molecule has 0 spiro atoms. The van der Waals surface area contributed by atoms with E-state index in [2.05, 4.69) is 13.2 Å². The van der Waals surface area contributed by atoms with E-state index in [9.17, 15) is 0 Å². The third-order valence-corrected chi connectivity index (χ3v) is 3.48. The Morgan fingerprint density at radius 3 is 1.57 bits per heavy atom. The molecule has 0 unspecified atom stereocenters. The van der Waals surface area contributed by atoms with Gasteiger partial charge in [0.1, 0.15) is 0 Å². The monoisotopic (exact) mass is 310 g/mol. The van der Waals surface area contributed by atoms with Gasteiger partial charge in [0.2, 0.25) is 0 Å². The summed E-state index contributed by atoms with van der Waals surface area (Å²) in [5.41, 5.74) is 2.06. The van der Waals surface area contributed by atoms with Gasteiger partial charge in [-0.3, -0.25) is 0 Å². The molecule has 3 heteroatoms. The van der Waals surface area contributed by atoms with Crippen LogP contribution in [0.2, 0.25) is 0 Å². The number of methoxy groups -OCH3 is 2. The largest absolute Gasteiger partial charge is 0.493 e. The van der Waals surface area contributed by atoms with Gasteiger partial charge in [0.05, 0.1) is 14.2 Å². The Morgan fingerprint density at radius 2 is 1.22 bits per heavy atom. The highest BCUT2D eigenvalue weighted by molar-refractivity contribution is 5.53. The van der Waals surface area contributed by atoms with Crippen LogP contribution >= 0.6 is 0 Å². The normalized spacial score (nSPS) is 10.0. The molecule has 0 N–H and O–H groups in total. The summed E-state index contributed by atoms with van der Waals surface area (Å²) in [5, 5.41) is 0. The minimum absolute atomic E-state index is 0.654. The van der Waals surface area contributed by atoms with Crippen molar-refractivity contribution in [3.05, 3.63) is 72.8 Å². The van der Waals surface area contributed by atoms with Gasteiger partial charge in [-0.05, 0) is 25.0 Å². The summed E-state index contributed by atoms with van der Waals surface area (Å²) in [4.78, 5) is 0. The Hall–Kier alpha value is -2.68. The third kappa shape index (κ3) is 3.75. The molecule has 0 radical (unpaired) electrons. The van der Waals surface area contributed by atoms with Crippen molar-refractivity contribution in [2.24, 2.45) is 0 Å². The molecule has 0 aliphatic rings. The zero-order valence-electron chi connectivity index (χ0n) is 13.7. The van der Waals surface area contributed by atoms with Crippen LogP contribution in [0.1, 0.15) is 11.1 Å². The van der Waals surface area contributed by atoms with E-state index in [4.69, 9.17) is 14.2 Å². The molecule has 3 nitrogen and oxygen atoms in total. The number of allylic oxidation sites excluding steroid dienone is 2. The Bertz CT molecular complexity index is 630. The molecule has 0 saturated carbocycles. The van der Waals surface area contributed by atoms with Crippen molar-refractivity contribution in [3.8, 4) is 23.0 Å². The second-order valence-electron chi connectivity index (χ2n) is 4.98. The van der Waals surface area contributed by atoms with E-state index in [1.165, 1.54) is 0 Å². The fourth-order valence-electron chi connectivity index (χ4n) is 2.50. The lowest BCUT2D eigenvalue weighted by atomic mass is 10.1. The molecular weight excluding hydrogens is 288 g/mol. The van der Waals surface area contributed by atoms with E-state index in [0.29, 0.717) is 35.8 Å². The standard InChI is InChI=1S/C20H22O3/c1-5-9-15-11-7-13-17(19(15)21-3)23-18-14-8-12-16(10-6-2)20(18)22-4/h5-8,11-14H,1-2,9-10H2,3-4H3. The van der Waals surface area contributed by atoms with Crippen LogP contribution in [0.4, 0.5) is 0 Å². The lowest BCUT2D eigenvalue weighted by Crippen LogP contribution is -1.98. The van der Waals surface area contributed by atoms with Crippen molar-refractivity contribution in [2.45, 2.75) is 12.8 Å². The maximum absolute atomic E-state index is 6.08. The van der Waals surface area contributed by atoms with Crippen LogP contribution in [0, 0.1) is 0 Å². The van der Waals surface area contributed by atoms with Crippen LogP contribution in [0.3, 0.4) is 0 Å². The highest BCUT2D eigenvalue weighted by Gasteiger charge is 2.14. The Morgan fingerprint density at radius 1 is 0.783 bits per heavy atom. The number of benzene rings is 2. The highest BCUT2D eigenvalue weighted by atomic mass is 16.5. The van der Waals surface area contributed by atoms with Crippen molar-refractivity contribution in [1.82, 2.24) is 0 Å². The average molecular weight is 310 g/mol. The van der Waals surface area contributed by atoms with Crippen LogP contribution in [-0.2, 0) is 12.8 Å². The average Bonchev–Trinajstić information content (AvgIpc) is 2.56. The molecule has 0 heterocycles. The SMILES string of the molecule is C=CCc1cccc(Oc2cccc(CC=C)c2OC)c1OC. The number of hydrogen-bond donors (Lipinski definition) is 0. The summed E-state index contributed by atoms with van der Waals surface area (Å²) < 4.78 is 17.1. The topological polar surface area (TPSA) is 27.7 Å². The maximum atomic E-state index is 6.08. The van der Waals surface area contributed by atoms with Gasteiger partial charge < -0.3 is 14.2 Å². The molecule has 0 aliphatic heterocycles. The van der Waals surface area contributed by atoms with Crippen LogP contribution in [0.25, 0.3) is 0 Å². The molecular formula is C20H22O3. The van der Waals surface area contributed by atoms with Crippen molar-refractivity contribution in [3.63, 3.8) is 0 Å². The van der Waals surface area contributed by atoms with Gasteiger partial charge in [0, 0.05) is 11.1 Å². The van der Waals surface area contributed by atoms with E-state index < -0.39 is 0 Å². The van der Waals surface area contributed by atoms with Gasteiger partial charge in [-0.25, -0.2) is 0 Å². The smallest absolute Gasteiger partial charge is 0.169 e. The number of hydrogen-bond acceptors (Lipinski definition) is 3. The second kappa shape index (κ2) is 8.08. The molecule has 0 bridgehead atoms. The van der Waals surface area contributed by atoms with Crippen LogP contribution in [-0.4, -0.2) is 14.2 Å². The molecule has 0 fully saturated rings. The molecule has 2 rings (SSSR count). The van der Waals surface area contributed by atoms with Crippen LogP contribution in [0.5, 0.6) is 23.0 Å². The lowest BCUT2D eigenvalue weighted by Gasteiger charge is -2.16. The van der Waals surface area contributed by atoms with Crippen molar-refractivity contribution in [1.29, 1.82) is 0 Å². The molecule has 0 aromatic heterocycles. The number of rotatable bonds is 8. The van der Waals surface area contributed by atoms with Gasteiger partial charge in [0.15, 0.2) is 23.0 Å². The molecule has 0 amide bonds. The number of ether oxygens (including phenoxy) is 3. The molecule has 0 atom stereocenters. The Balaban J connectivity index is 2.43. The zero-order chi connectivity index (χ0) is 16.7. The zero-order valence-corrected chi connectivity index (χ0v) is 13.7. The summed E-state index contributed by atoms with van der Waals surface area (Å²) >= 11 is 0. The maximum Gasteiger partial charge on any atom is 0.169 e. The summed E-state index contributed by atoms with van der Waals surface area (Å²) in [6, 6.07) is 11.6. The predicted molar refractivity (Wildman–Crippen MR) is 93.9 cm³/mol. The first-order valence-corrected chi connectivity index (χ1v) is 7.46. The first kappa shape index (κ1) is 16.7. The van der Waals surface area contributed by atoms with E-state index >= 15 is 0 Å². The lowest BCUT2D eigenvalue weighted by molar-refractivity contribution is 0.353. The number of para-hydroxylation sites is 2. The van der Waals surface area contributed by atoms with Crippen molar-refractivity contribution >= 4 is 0 Å².